The molecule has 2 N–H and O–H groups in total. The van der Waals surface area contributed by atoms with Crippen molar-refractivity contribution in [1.29, 1.82) is 0 Å². The quantitative estimate of drug-likeness (QED) is 0.723. The number of hydrogen-bond donors (Lipinski definition) is 2. The summed E-state index contributed by atoms with van der Waals surface area (Å²) in [5.41, 5.74) is 0.0929. The fourth-order valence-electron chi connectivity index (χ4n) is 6.97. The van der Waals surface area contributed by atoms with Crippen LogP contribution in [0.15, 0.2) is 0 Å². The zero-order chi connectivity index (χ0) is 15.7. The van der Waals surface area contributed by atoms with E-state index in [9.17, 15) is 15.0 Å². The fraction of sp³-hybridized carbons (Fsp3) is 0.947. The molecule has 8 atom stereocenters. The molecule has 3 heteroatoms. The number of fused-ring (bicyclic) bond motifs is 5. The van der Waals surface area contributed by atoms with Gasteiger partial charge in [-0.15, -0.1) is 0 Å². The summed E-state index contributed by atoms with van der Waals surface area (Å²) in [5, 5.41) is 20.9. The highest BCUT2D eigenvalue weighted by atomic mass is 16.3. The van der Waals surface area contributed by atoms with Crippen LogP contribution in [0.25, 0.3) is 0 Å². The minimum atomic E-state index is -0.274. The summed E-state index contributed by atoms with van der Waals surface area (Å²) in [6.07, 6.45) is 7.03. The zero-order valence-electron chi connectivity index (χ0n) is 13.9. The van der Waals surface area contributed by atoms with Crippen LogP contribution in [0.5, 0.6) is 0 Å². The number of Topliss-reactive ketones (excluding diaryl/α,β-unsaturated/α-hetero) is 1. The molecule has 0 saturated heterocycles. The van der Waals surface area contributed by atoms with Crippen molar-refractivity contribution in [2.45, 2.75) is 77.4 Å². The molecule has 124 valence electrons. The predicted molar refractivity (Wildman–Crippen MR) is 84.1 cm³/mol. The molecule has 0 spiro atoms. The molecule has 4 aliphatic rings. The Balaban J connectivity index is 1.69. The highest BCUT2D eigenvalue weighted by Crippen LogP contribution is 2.65. The first kappa shape index (κ1) is 15.1. The molecular formula is C19H30O3. The normalized spacial score (nSPS) is 57.9. The van der Waals surface area contributed by atoms with E-state index in [1.807, 2.05) is 0 Å². The van der Waals surface area contributed by atoms with Crippen molar-refractivity contribution >= 4 is 5.78 Å². The van der Waals surface area contributed by atoms with Gasteiger partial charge in [0.05, 0.1) is 12.2 Å². The largest absolute Gasteiger partial charge is 0.393 e. The van der Waals surface area contributed by atoms with Gasteiger partial charge in [-0.2, -0.15) is 0 Å². The molecule has 0 radical (unpaired) electrons. The SMILES string of the molecule is CC12CCC3C(C1CCC2=O)[C@H](O)C[C@H]1CC(O)CCC31C. The van der Waals surface area contributed by atoms with Gasteiger partial charge in [0.25, 0.3) is 0 Å². The van der Waals surface area contributed by atoms with E-state index in [0.717, 1.165) is 51.4 Å². The van der Waals surface area contributed by atoms with Gasteiger partial charge in [0.1, 0.15) is 5.78 Å². The first-order chi connectivity index (χ1) is 10.4. The lowest BCUT2D eigenvalue weighted by atomic mass is 9.44. The zero-order valence-corrected chi connectivity index (χ0v) is 13.9. The molecule has 0 bridgehead atoms. The van der Waals surface area contributed by atoms with Crippen LogP contribution in [0.2, 0.25) is 0 Å². The first-order valence-corrected chi connectivity index (χ1v) is 9.25. The van der Waals surface area contributed by atoms with Crippen molar-refractivity contribution in [3.8, 4) is 0 Å². The Labute approximate surface area is 133 Å². The molecular weight excluding hydrogens is 276 g/mol. The summed E-state index contributed by atoms with van der Waals surface area (Å²) in [6, 6.07) is 0. The van der Waals surface area contributed by atoms with E-state index in [1.165, 1.54) is 0 Å². The third-order valence-electron chi connectivity index (χ3n) is 8.36. The fourth-order valence-corrected chi connectivity index (χ4v) is 6.97. The molecule has 0 aromatic rings. The van der Waals surface area contributed by atoms with Crippen molar-refractivity contribution < 1.29 is 15.0 Å². The van der Waals surface area contributed by atoms with Gasteiger partial charge in [0, 0.05) is 11.8 Å². The molecule has 0 aromatic carbocycles. The van der Waals surface area contributed by atoms with Crippen molar-refractivity contribution in [2.75, 3.05) is 0 Å². The standard InChI is InChI=1S/C19H30O3/c1-18-7-5-12(20)9-11(18)10-15(21)17-13-3-4-16(22)19(13,2)8-6-14(17)18/h11-15,17,20-21H,3-10H2,1-2H3/t11-,12?,13?,14?,15-,17?,18?,19?/m1/s1. The Hall–Kier alpha value is -0.410. The maximum atomic E-state index is 12.4. The first-order valence-electron chi connectivity index (χ1n) is 9.25. The predicted octanol–water partition coefficient (Wildman–Crippen LogP) is 2.93. The second-order valence-corrected chi connectivity index (χ2v) is 9.14. The second kappa shape index (κ2) is 4.80. The summed E-state index contributed by atoms with van der Waals surface area (Å²) in [4.78, 5) is 12.4. The van der Waals surface area contributed by atoms with Crippen LogP contribution in [-0.4, -0.2) is 28.2 Å². The van der Waals surface area contributed by atoms with Gasteiger partial charge in [-0.3, -0.25) is 4.79 Å². The van der Waals surface area contributed by atoms with Crippen LogP contribution in [0.3, 0.4) is 0 Å². The monoisotopic (exact) mass is 306 g/mol. The number of aliphatic hydroxyl groups is 2. The maximum absolute atomic E-state index is 12.4. The van der Waals surface area contributed by atoms with E-state index < -0.39 is 0 Å². The molecule has 0 heterocycles. The number of aliphatic hydroxyl groups excluding tert-OH is 2. The average molecular weight is 306 g/mol. The van der Waals surface area contributed by atoms with E-state index >= 15 is 0 Å². The van der Waals surface area contributed by atoms with Gasteiger partial charge < -0.3 is 10.2 Å². The van der Waals surface area contributed by atoms with E-state index in [2.05, 4.69) is 13.8 Å². The molecule has 4 rings (SSSR count). The van der Waals surface area contributed by atoms with Crippen LogP contribution in [-0.2, 0) is 4.79 Å². The number of ketones is 1. The van der Waals surface area contributed by atoms with E-state index in [-0.39, 0.29) is 23.0 Å². The Kier molecular flexibility index (Phi) is 3.30. The summed E-state index contributed by atoms with van der Waals surface area (Å²) in [5.74, 6) is 2.13. The van der Waals surface area contributed by atoms with E-state index in [0.29, 0.717) is 29.5 Å². The van der Waals surface area contributed by atoms with Crippen LogP contribution in [0.1, 0.15) is 65.2 Å². The Morgan fingerprint density at radius 3 is 2.55 bits per heavy atom. The summed E-state index contributed by atoms with van der Waals surface area (Å²) >= 11 is 0. The molecule has 0 aliphatic heterocycles. The molecule has 3 nitrogen and oxygen atoms in total. The Morgan fingerprint density at radius 2 is 1.77 bits per heavy atom. The number of hydrogen-bond acceptors (Lipinski definition) is 3. The topological polar surface area (TPSA) is 57.5 Å². The summed E-state index contributed by atoms with van der Waals surface area (Å²) < 4.78 is 0. The third-order valence-corrected chi connectivity index (χ3v) is 8.36. The van der Waals surface area contributed by atoms with Crippen molar-refractivity contribution in [2.24, 2.45) is 34.5 Å². The molecule has 4 fully saturated rings. The minimum Gasteiger partial charge on any atom is -0.393 e. The third kappa shape index (κ3) is 1.84. The Bertz CT molecular complexity index is 489. The molecule has 6 unspecified atom stereocenters. The van der Waals surface area contributed by atoms with Gasteiger partial charge in [0.15, 0.2) is 0 Å². The van der Waals surface area contributed by atoms with Gasteiger partial charge in [-0.1, -0.05) is 13.8 Å². The van der Waals surface area contributed by atoms with Crippen molar-refractivity contribution in [1.82, 2.24) is 0 Å². The van der Waals surface area contributed by atoms with Gasteiger partial charge in [0.2, 0.25) is 0 Å². The summed E-state index contributed by atoms with van der Waals surface area (Å²) in [6.45, 7) is 4.57. The average Bonchev–Trinajstić information content (AvgIpc) is 2.77. The van der Waals surface area contributed by atoms with E-state index in [1.54, 1.807) is 0 Å². The maximum Gasteiger partial charge on any atom is 0.139 e. The highest BCUT2D eigenvalue weighted by Gasteiger charge is 2.62. The number of carbonyl (C=O) groups is 1. The van der Waals surface area contributed by atoms with Gasteiger partial charge in [-0.25, -0.2) is 0 Å². The van der Waals surface area contributed by atoms with Gasteiger partial charge in [-0.05, 0) is 74.0 Å². The lowest BCUT2D eigenvalue weighted by Crippen LogP contribution is -2.58. The molecule has 22 heavy (non-hydrogen) atoms. The Morgan fingerprint density at radius 1 is 1.00 bits per heavy atom. The second-order valence-electron chi connectivity index (χ2n) is 9.14. The minimum absolute atomic E-state index is 0.167. The van der Waals surface area contributed by atoms with Crippen LogP contribution < -0.4 is 0 Å². The van der Waals surface area contributed by atoms with Crippen molar-refractivity contribution in [3.63, 3.8) is 0 Å². The highest BCUT2D eigenvalue weighted by molar-refractivity contribution is 5.87. The van der Waals surface area contributed by atoms with Crippen LogP contribution in [0.4, 0.5) is 0 Å². The van der Waals surface area contributed by atoms with Crippen molar-refractivity contribution in [3.05, 3.63) is 0 Å². The van der Waals surface area contributed by atoms with Crippen LogP contribution in [0, 0.1) is 34.5 Å². The van der Waals surface area contributed by atoms with Crippen LogP contribution >= 0.6 is 0 Å². The van der Waals surface area contributed by atoms with Gasteiger partial charge >= 0.3 is 0 Å². The number of carbonyl (C=O) groups excluding carboxylic acids is 1. The smallest absolute Gasteiger partial charge is 0.139 e. The molecule has 0 amide bonds. The molecule has 4 saturated carbocycles. The van der Waals surface area contributed by atoms with E-state index in [4.69, 9.17) is 0 Å². The summed E-state index contributed by atoms with van der Waals surface area (Å²) in [7, 11) is 0. The molecule has 4 aliphatic carbocycles. The lowest BCUT2D eigenvalue weighted by molar-refractivity contribution is -0.171. The lowest BCUT2D eigenvalue weighted by Gasteiger charge is -2.61. The number of rotatable bonds is 0. The molecule has 0 aromatic heterocycles.